The second-order valence-corrected chi connectivity index (χ2v) is 6.67. The van der Waals surface area contributed by atoms with Crippen LogP contribution in [0.2, 0.25) is 0 Å². The summed E-state index contributed by atoms with van der Waals surface area (Å²) in [6.45, 7) is 2.39. The van der Waals surface area contributed by atoms with Gasteiger partial charge in [-0.3, -0.25) is 9.88 Å². The summed E-state index contributed by atoms with van der Waals surface area (Å²) < 4.78 is 2.04. The molecule has 2 atom stereocenters. The van der Waals surface area contributed by atoms with Gasteiger partial charge in [0.2, 0.25) is 0 Å². The number of para-hydroxylation sites is 1. The lowest BCUT2D eigenvalue weighted by atomic mass is 9.94. The maximum Gasteiger partial charge on any atom is 0.122 e. The third-order valence-corrected chi connectivity index (χ3v) is 4.99. The second-order valence-electron chi connectivity index (χ2n) is 6.67. The highest BCUT2D eigenvalue weighted by Crippen LogP contribution is 2.26. The van der Waals surface area contributed by atoms with Gasteiger partial charge in [-0.1, -0.05) is 18.2 Å². The number of pyridine rings is 1. The van der Waals surface area contributed by atoms with Gasteiger partial charge in [0, 0.05) is 50.0 Å². The third-order valence-electron chi connectivity index (χ3n) is 4.99. The van der Waals surface area contributed by atoms with E-state index in [4.69, 9.17) is 0 Å². The molecule has 3 heterocycles. The number of hydrogen-bond acceptors (Lipinski definition) is 4. The Morgan fingerprint density at radius 2 is 2.00 bits per heavy atom. The number of likely N-dealkylation sites (tertiary alicyclic amines) is 1. The van der Waals surface area contributed by atoms with Crippen LogP contribution in [0.25, 0.3) is 10.9 Å². The number of aliphatic hydroxyl groups is 1. The molecule has 0 spiro atoms. The minimum absolute atomic E-state index is 0.246. The first-order valence-electron chi connectivity index (χ1n) is 8.40. The molecule has 0 bridgehead atoms. The van der Waals surface area contributed by atoms with Crippen molar-refractivity contribution in [1.29, 1.82) is 0 Å². The topological polar surface area (TPSA) is 54.2 Å². The Labute approximate surface area is 141 Å². The number of hydrogen-bond donors (Lipinski definition) is 1. The molecular weight excluding hydrogens is 300 g/mol. The van der Waals surface area contributed by atoms with E-state index in [9.17, 15) is 5.11 Å². The summed E-state index contributed by atoms with van der Waals surface area (Å²) in [6.07, 6.45) is 6.23. The van der Waals surface area contributed by atoms with Gasteiger partial charge in [0.15, 0.2) is 0 Å². The molecule has 3 aromatic rings. The number of nitrogens with zero attached hydrogens (tertiary/aromatic N) is 4. The van der Waals surface area contributed by atoms with Crippen LogP contribution in [0.5, 0.6) is 0 Å². The van der Waals surface area contributed by atoms with Crippen molar-refractivity contribution in [3.63, 3.8) is 0 Å². The normalized spacial score (nSPS) is 21.6. The number of rotatable bonds is 4. The van der Waals surface area contributed by atoms with Gasteiger partial charge < -0.3 is 9.67 Å². The van der Waals surface area contributed by atoms with E-state index < -0.39 is 0 Å². The van der Waals surface area contributed by atoms with Crippen LogP contribution >= 0.6 is 0 Å². The van der Waals surface area contributed by atoms with Crippen molar-refractivity contribution in [1.82, 2.24) is 19.4 Å². The molecule has 1 aliphatic heterocycles. The van der Waals surface area contributed by atoms with E-state index >= 15 is 0 Å². The van der Waals surface area contributed by atoms with Crippen LogP contribution in [0.4, 0.5) is 0 Å². The average molecular weight is 322 g/mol. The van der Waals surface area contributed by atoms with Crippen LogP contribution in [0, 0.1) is 5.92 Å². The zero-order chi connectivity index (χ0) is 16.5. The van der Waals surface area contributed by atoms with Crippen molar-refractivity contribution in [2.45, 2.75) is 19.1 Å². The molecule has 24 heavy (non-hydrogen) atoms. The molecule has 2 aromatic heterocycles. The Bertz CT molecular complexity index is 839. The van der Waals surface area contributed by atoms with E-state index in [0.717, 1.165) is 30.9 Å². The van der Waals surface area contributed by atoms with E-state index in [-0.39, 0.29) is 12.0 Å². The maximum absolute atomic E-state index is 10.5. The standard InChI is InChI=1S/C19H22N4O/c1-22-9-8-21-19(22)13-23-11-15(18(24)12-23)10-14-6-7-20-17-5-3-2-4-16(14)17/h2-9,15,18,24H,10-13H2,1H3/t15-,18-/m1/s1. The van der Waals surface area contributed by atoms with Crippen molar-refractivity contribution in [2.24, 2.45) is 13.0 Å². The fourth-order valence-electron chi connectivity index (χ4n) is 3.64. The highest BCUT2D eigenvalue weighted by molar-refractivity contribution is 5.81. The smallest absolute Gasteiger partial charge is 0.122 e. The van der Waals surface area contributed by atoms with Crippen molar-refractivity contribution in [3.05, 3.63) is 60.3 Å². The largest absolute Gasteiger partial charge is 0.391 e. The number of imidazole rings is 1. The van der Waals surface area contributed by atoms with Gasteiger partial charge >= 0.3 is 0 Å². The molecule has 0 amide bonds. The second kappa shape index (κ2) is 6.34. The summed E-state index contributed by atoms with van der Waals surface area (Å²) in [5, 5.41) is 11.7. The van der Waals surface area contributed by atoms with Gasteiger partial charge in [-0.2, -0.15) is 0 Å². The number of aryl methyl sites for hydroxylation is 1. The third kappa shape index (κ3) is 2.92. The molecule has 5 heteroatoms. The van der Waals surface area contributed by atoms with E-state index in [1.54, 1.807) is 0 Å². The van der Waals surface area contributed by atoms with Gasteiger partial charge in [-0.15, -0.1) is 0 Å². The number of aliphatic hydroxyl groups excluding tert-OH is 1. The summed E-state index contributed by atoms with van der Waals surface area (Å²) in [5.74, 6) is 1.29. The number of β-amino-alcohol motifs (C(OH)–C–C–N with tert-alkyl or cyclic N) is 1. The van der Waals surface area contributed by atoms with Gasteiger partial charge in [-0.05, 0) is 24.1 Å². The number of benzene rings is 1. The SMILES string of the molecule is Cn1ccnc1CN1C[C@@H](Cc2ccnc3ccccc23)[C@H](O)C1. The van der Waals surface area contributed by atoms with Crippen molar-refractivity contribution in [2.75, 3.05) is 13.1 Å². The van der Waals surface area contributed by atoms with Crippen molar-refractivity contribution in [3.8, 4) is 0 Å². The lowest BCUT2D eigenvalue weighted by molar-refractivity contribution is 0.141. The van der Waals surface area contributed by atoms with E-state index in [0.29, 0.717) is 6.54 Å². The van der Waals surface area contributed by atoms with Crippen molar-refractivity contribution >= 4 is 10.9 Å². The van der Waals surface area contributed by atoms with Crippen LogP contribution in [-0.2, 0) is 20.0 Å². The molecule has 0 aliphatic carbocycles. The Morgan fingerprint density at radius 1 is 1.12 bits per heavy atom. The van der Waals surface area contributed by atoms with E-state index in [1.165, 1.54) is 10.9 Å². The Balaban J connectivity index is 1.49. The first kappa shape index (κ1) is 15.3. The van der Waals surface area contributed by atoms with Crippen LogP contribution in [0.3, 0.4) is 0 Å². The van der Waals surface area contributed by atoms with Crippen LogP contribution < -0.4 is 0 Å². The monoisotopic (exact) mass is 322 g/mol. The molecule has 1 aliphatic rings. The summed E-state index contributed by atoms with van der Waals surface area (Å²) in [7, 11) is 2.01. The minimum atomic E-state index is -0.294. The van der Waals surface area contributed by atoms with Crippen molar-refractivity contribution < 1.29 is 5.11 Å². The van der Waals surface area contributed by atoms with E-state index in [1.807, 2.05) is 48.4 Å². The number of aromatic nitrogens is 3. The average Bonchev–Trinajstić information content (AvgIpc) is 3.14. The zero-order valence-corrected chi connectivity index (χ0v) is 13.8. The molecule has 4 rings (SSSR count). The molecule has 5 nitrogen and oxygen atoms in total. The maximum atomic E-state index is 10.5. The fourth-order valence-corrected chi connectivity index (χ4v) is 3.64. The fraction of sp³-hybridized carbons (Fsp3) is 0.368. The Hall–Kier alpha value is -2.24. The summed E-state index contributed by atoms with van der Waals surface area (Å²) >= 11 is 0. The van der Waals surface area contributed by atoms with Gasteiger partial charge in [0.05, 0.1) is 18.2 Å². The highest BCUT2D eigenvalue weighted by atomic mass is 16.3. The Kier molecular flexibility index (Phi) is 4.04. The van der Waals surface area contributed by atoms with Gasteiger partial charge in [-0.25, -0.2) is 4.98 Å². The lowest BCUT2D eigenvalue weighted by Gasteiger charge is -2.16. The molecule has 124 valence electrons. The van der Waals surface area contributed by atoms with Gasteiger partial charge in [0.25, 0.3) is 0 Å². The minimum Gasteiger partial charge on any atom is -0.391 e. The summed E-state index contributed by atoms with van der Waals surface area (Å²) in [4.78, 5) is 11.1. The first-order valence-corrected chi connectivity index (χ1v) is 8.40. The predicted molar refractivity (Wildman–Crippen MR) is 93.4 cm³/mol. The van der Waals surface area contributed by atoms with E-state index in [2.05, 4.69) is 27.0 Å². The molecular formula is C19H22N4O. The van der Waals surface area contributed by atoms with Crippen LogP contribution in [-0.4, -0.2) is 43.7 Å². The zero-order valence-electron chi connectivity index (χ0n) is 13.8. The number of fused-ring (bicyclic) bond motifs is 1. The molecule has 0 unspecified atom stereocenters. The van der Waals surface area contributed by atoms with Crippen LogP contribution in [0.1, 0.15) is 11.4 Å². The van der Waals surface area contributed by atoms with Crippen LogP contribution in [0.15, 0.2) is 48.9 Å². The first-order chi connectivity index (χ1) is 11.7. The summed E-state index contributed by atoms with van der Waals surface area (Å²) in [5.41, 5.74) is 2.29. The molecule has 1 N–H and O–H groups in total. The predicted octanol–water partition coefficient (Wildman–Crippen LogP) is 2.00. The summed E-state index contributed by atoms with van der Waals surface area (Å²) in [6, 6.07) is 10.3. The molecule has 0 saturated carbocycles. The molecule has 1 fully saturated rings. The lowest BCUT2D eigenvalue weighted by Crippen LogP contribution is -2.23. The molecule has 0 radical (unpaired) electrons. The quantitative estimate of drug-likeness (QED) is 0.798. The van der Waals surface area contributed by atoms with Gasteiger partial charge in [0.1, 0.15) is 5.82 Å². The molecule has 1 aromatic carbocycles. The molecule has 1 saturated heterocycles. The Morgan fingerprint density at radius 3 is 2.83 bits per heavy atom. The highest BCUT2D eigenvalue weighted by Gasteiger charge is 2.32.